The van der Waals surface area contributed by atoms with Gasteiger partial charge in [-0.3, -0.25) is 4.98 Å². The number of nitrogens with zero attached hydrogens (tertiary/aromatic N) is 2. The Morgan fingerprint density at radius 2 is 2.00 bits per heavy atom. The number of likely N-dealkylation sites (N-methyl/N-ethyl adjacent to an activating group) is 2. The van der Waals surface area contributed by atoms with Gasteiger partial charge in [0.05, 0.1) is 5.52 Å². The van der Waals surface area contributed by atoms with Crippen LogP contribution < -0.4 is 5.32 Å². The average Bonchev–Trinajstić information content (AvgIpc) is 2.37. The van der Waals surface area contributed by atoms with E-state index in [1.165, 1.54) is 10.9 Å². The summed E-state index contributed by atoms with van der Waals surface area (Å²) >= 11 is 0. The first-order chi connectivity index (χ1) is 8.72. The zero-order chi connectivity index (χ0) is 13.0. The van der Waals surface area contributed by atoms with Crippen LogP contribution in [-0.2, 0) is 0 Å². The molecule has 0 spiro atoms. The number of rotatable bonds is 5. The number of para-hydroxylation sites is 1. The number of hydrogen-bond acceptors (Lipinski definition) is 3. The normalized spacial score (nSPS) is 13.1. The summed E-state index contributed by atoms with van der Waals surface area (Å²) in [6, 6.07) is 10.8. The molecule has 3 nitrogen and oxygen atoms in total. The second-order valence-electron chi connectivity index (χ2n) is 4.79. The highest BCUT2D eigenvalue weighted by atomic mass is 15.1. The standard InChI is InChI=1S/C15H21N3/c1-4-16-14(11-18(2)3)13-9-5-7-12-8-6-10-17-15(12)13/h5-10,14,16H,4,11H2,1-3H3. The zero-order valence-corrected chi connectivity index (χ0v) is 11.4. The van der Waals surface area contributed by atoms with Gasteiger partial charge in [0.25, 0.3) is 0 Å². The molecule has 0 amide bonds. The number of aromatic nitrogens is 1. The molecule has 1 aromatic heterocycles. The molecule has 0 saturated carbocycles. The van der Waals surface area contributed by atoms with Gasteiger partial charge in [0.15, 0.2) is 0 Å². The van der Waals surface area contributed by atoms with Crippen LogP contribution in [0.3, 0.4) is 0 Å². The fourth-order valence-corrected chi connectivity index (χ4v) is 2.29. The van der Waals surface area contributed by atoms with Crippen LogP contribution in [0, 0.1) is 0 Å². The summed E-state index contributed by atoms with van der Waals surface area (Å²) in [7, 11) is 4.20. The molecule has 1 N–H and O–H groups in total. The van der Waals surface area contributed by atoms with Gasteiger partial charge in [-0.15, -0.1) is 0 Å². The number of fused-ring (bicyclic) bond motifs is 1. The third kappa shape index (κ3) is 2.86. The van der Waals surface area contributed by atoms with Crippen molar-refractivity contribution in [2.24, 2.45) is 0 Å². The SMILES string of the molecule is CCNC(CN(C)C)c1cccc2cccnc12. The van der Waals surface area contributed by atoms with Crippen LogP contribution in [0.2, 0.25) is 0 Å². The van der Waals surface area contributed by atoms with Crippen molar-refractivity contribution in [3.63, 3.8) is 0 Å². The maximum absolute atomic E-state index is 4.53. The van der Waals surface area contributed by atoms with Crippen molar-refractivity contribution in [2.45, 2.75) is 13.0 Å². The van der Waals surface area contributed by atoms with Crippen LogP contribution in [0.1, 0.15) is 18.5 Å². The van der Waals surface area contributed by atoms with E-state index in [2.05, 4.69) is 60.5 Å². The molecule has 1 heterocycles. The molecule has 0 bridgehead atoms. The summed E-state index contributed by atoms with van der Waals surface area (Å²) in [6.45, 7) is 4.08. The molecule has 18 heavy (non-hydrogen) atoms. The van der Waals surface area contributed by atoms with Gasteiger partial charge >= 0.3 is 0 Å². The average molecular weight is 243 g/mol. The van der Waals surface area contributed by atoms with E-state index in [9.17, 15) is 0 Å². The monoisotopic (exact) mass is 243 g/mol. The van der Waals surface area contributed by atoms with Crippen LogP contribution >= 0.6 is 0 Å². The highest BCUT2D eigenvalue weighted by Crippen LogP contribution is 2.22. The Morgan fingerprint density at radius 1 is 1.22 bits per heavy atom. The summed E-state index contributed by atoms with van der Waals surface area (Å²) in [5.41, 5.74) is 2.39. The molecule has 1 unspecified atom stereocenters. The van der Waals surface area contributed by atoms with Crippen LogP contribution in [0.15, 0.2) is 36.5 Å². The van der Waals surface area contributed by atoms with Crippen molar-refractivity contribution < 1.29 is 0 Å². The highest BCUT2D eigenvalue weighted by molar-refractivity contribution is 5.82. The van der Waals surface area contributed by atoms with Crippen LogP contribution in [0.25, 0.3) is 10.9 Å². The summed E-state index contributed by atoms with van der Waals surface area (Å²) < 4.78 is 0. The molecule has 1 aromatic carbocycles. The molecule has 0 saturated heterocycles. The van der Waals surface area contributed by atoms with Crippen molar-refractivity contribution in [1.29, 1.82) is 0 Å². The largest absolute Gasteiger partial charge is 0.309 e. The van der Waals surface area contributed by atoms with E-state index in [-0.39, 0.29) is 0 Å². The lowest BCUT2D eigenvalue weighted by molar-refractivity contribution is 0.346. The lowest BCUT2D eigenvalue weighted by Crippen LogP contribution is -2.31. The van der Waals surface area contributed by atoms with Crippen molar-refractivity contribution >= 4 is 10.9 Å². The van der Waals surface area contributed by atoms with Crippen molar-refractivity contribution in [3.8, 4) is 0 Å². The molecular formula is C15H21N3. The van der Waals surface area contributed by atoms with Crippen molar-refractivity contribution in [2.75, 3.05) is 27.2 Å². The van der Waals surface area contributed by atoms with E-state index in [1.807, 2.05) is 12.3 Å². The Balaban J connectivity index is 2.43. The highest BCUT2D eigenvalue weighted by Gasteiger charge is 2.14. The van der Waals surface area contributed by atoms with E-state index < -0.39 is 0 Å². The lowest BCUT2D eigenvalue weighted by Gasteiger charge is -2.23. The zero-order valence-electron chi connectivity index (χ0n) is 11.4. The van der Waals surface area contributed by atoms with E-state index in [0.29, 0.717) is 6.04 Å². The number of hydrogen-bond donors (Lipinski definition) is 1. The first-order valence-electron chi connectivity index (χ1n) is 6.44. The molecule has 3 heteroatoms. The maximum atomic E-state index is 4.53. The first-order valence-corrected chi connectivity index (χ1v) is 6.44. The fourth-order valence-electron chi connectivity index (χ4n) is 2.29. The Kier molecular flexibility index (Phi) is 4.28. The Morgan fingerprint density at radius 3 is 2.72 bits per heavy atom. The van der Waals surface area contributed by atoms with E-state index in [4.69, 9.17) is 0 Å². The fraction of sp³-hybridized carbons (Fsp3) is 0.400. The number of pyridine rings is 1. The quantitative estimate of drug-likeness (QED) is 0.874. The van der Waals surface area contributed by atoms with Gasteiger partial charge in [0.1, 0.15) is 0 Å². The number of benzene rings is 1. The van der Waals surface area contributed by atoms with E-state index in [1.54, 1.807) is 0 Å². The predicted octanol–water partition coefficient (Wildman–Crippen LogP) is 2.45. The van der Waals surface area contributed by atoms with Gasteiger partial charge in [0, 0.05) is 24.2 Å². The lowest BCUT2D eigenvalue weighted by atomic mass is 10.0. The van der Waals surface area contributed by atoms with E-state index in [0.717, 1.165) is 18.6 Å². The van der Waals surface area contributed by atoms with Gasteiger partial charge in [-0.2, -0.15) is 0 Å². The van der Waals surface area contributed by atoms with Crippen LogP contribution in [0.5, 0.6) is 0 Å². The predicted molar refractivity (Wildman–Crippen MR) is 76.7 cm³/mol. The second-order valence-corrected chi connectivity index (χ2v) is 4.79. The third-order valence-corrected chi connectivity index (χ3v) is 3.04. The molecule has 0 aliphatic rings. The summed E-state index contributed by atoms with van der Waals surface area (Å²) in [5, 5.41) is 4.75. The smallest absolute Gasteiger partial charge is 0.0750 e. The van der Waals surface area contributed by atoms with Gasteiger partial charge in [-0.1, -0.05) is 31.2 Å². The molecule has 2 aromatic rings. The minimum atomic E-state index is 0.323. The molecule has 2 rings (SSSR count). The van der Waals surface area contributed by atoms with E-state index >= 15 is 0 Å². The third-order valence-electron chi connectivity index (χ3n) is 3.04. The van der Waals surface area contributed by atoms with Gasteiger partial charge in [-0.25, -0.2) is 0 Å². The maximum Gasteiger partial charge on any atom is 0.0750 e. The minimum Gasteiger partial charge on any atom is -0.309 e. The van der Waals surface area contributed by atoms with Gasteiger partial charge in [-0.05, 0) is 32.3 Å². The minimum absolute atomic E-state index is 0.323. The Bertz CT molecular complexity index is 503. The second kappa shape index (κ2) is 5.94. The number of nitrogens with one attached hydrogen (secondary N) is 1. The molecule has 96 valence electrons. The molecule has 0 radical (unpaired) electrons. The Hall–Kier alpha value is -1.45. The summed E-state index contributed by atoms with van der Waals surface area (Å²) in [5.74, 6) is 0. The molecule has 0 aliphatic carbocycles. The molecule has 1 atom stereocenters. The molecular weight excluding hydrogens is 222 g/mol. The van der Waals surface area contributed by atoms with Crippen LogP contribution in [0.4, 0.5) is 0 Å². The molecule has 0 aliphatic heterocycles. The van der Waals surface area contributed by atoms with Gasteiger partial charge in [0.2, 0.25) is 0 Å². The van der Waals surface area contributed by atoms with Gasteiger partial charge < -0.3 is 10.2 Å². The Labute approximate surface area is 109 Å². The van der Waals surface area contributed by atoms with Crippen molar-refractivity contribution in [3.05, 3.63) is 42.1 Å². The molecule has 0 fully saturated rings. The topological polar surface area (TPSA) is 28.2 Å². The van der Waals surface area contributed by atoms with Crippen LogP contribution in [-0.4, -0.2) is 37.1 Å². The summed E-state index contributed by atoms with van der Waals surface area (Å²) in [6.07, 6.45) is 1.87. The first kappa shape index (κ1) is 13.0. The summed E-state index contributed by atoms with van der Waals surface area (Å²) in [4.78, 5) is 6.74. The van der Waals surface area contributed by atoms with Crippen molar-refractivity contribution in [1.82, 2.24) is 15.2 Å².